The number of carboxylic acids is 1. The number of hydrogen-bond donors (Lipinski definition) is 1. The van der Waals surface area contributed by atoms with Gasteiger partial charge in [0, 0.05) is 36.5 Å². The topological polar surface area (TPSA) is 122 Å². The highest BCUT2D eigenvalue weighted by atomic mass is 19.1. The van der Waals surface area contributed by atoms with E-state index in [-0.39, 0.29) is 24.2 Å². The number of carboxylic acid groups (broad SMARTS) is 1. The van der Waals surface area contributed by atoms with E-state index in [1.165, 1.54) is 47.4 Å². The number of hydrogen-bond acceptors (Lipinski definition) is 6. The van der Waals surface area contributed by atoms with Crippen LogP contribution in [0, 0.1) is 5.82 Å². The highest BCUT2D eigenvalue weighted by molar-refractivity contribution is 6.08. The molecule has 10 nitrogen and oxygen atoms in total. The highest BCUT2D eigenvalue weighted by Crippen LogP contribution is 2.46. The molecular weight excluding hydrogens is 543 g/mol. The summed E-state index contributed by atoms with van der Waals surface area (Å²) in [4.78, 5) is 54.2. The average Bonchev–Trinajstić information content (AvgIpc) is 3.65. The number of carbonyl (C=O) groups excluding carboxylic acids is 3. The van der Waals surface area contributed by atoms with Gasteiger partial charge in [-0.2, -0.15) is 5.10 Å². The van der Waals surface area contributed by atoms with Gasteiger partial charge in [-0.1, -0.05) is 36.4 Å². The zero-order valence-electron chi connectivity index (χ0n) is 22.5. The molecule has 0 saturated carbocycles. The maximum absolute atomic E-state index is 13.8. The van der Waals surface area contributed by atoms with Gasteiger partial charge in [0.25, 0.3) is 5.91 Å². The van der Waals surface area contributed by atoms with Crippen molar-refractivity contribution in [1.29, 1.82) is 0 Å². The quantitative estimate of drug-likeness (QED) is 0.353. The SMILES string of the molecule is Cn1cc(-c2ccc3c(c2)CC[C@@]32OC(=O)N(CC(=O)N(Cc3ccc(F)cc3)c3cccc(C(=O)O)c3)C2=O)cn1. The summed E-state index contributed by atoms with van der Waals surface area (Å²) in [6.07, 6.45) is 3.43. The minimum Gasteiger partial charge on any atom is -0.478 e. The van der Waals surface area contributed by atoms with Gasteiger partial charge in [-0.15, -0.1) is 0 Å². The molecule has 4 aromatic rings. The second-order valence-corrected chi connectivity index (χ2v) is 10.3. The molecule has 1 aliphatic carbocycles. The molecule has 0 radical (unpaired) electrons. The van der Waals surface area contributed by atoms with Crippen LogP contribution in [0.3, 0.4) is 0 Å². The largest absolute Gasteiger partial charge is 0.478 e. The van der Waals surface area contributed by atoms with Crippen molar-refractivity contribution in [1.82, 2.24) is 14.7 Å². The lowest BCUT2D eigenvalue weighted by atomic mass is 9.93. The van der Waals surface area contributed by atoms with Gasteiger partial charge < -0.3 is 14.7 Å². The molecule has 6 rings (SSSR count). The summed E-state index contributed by atoms with van der Waals surface area (Å²) < 4.78 is 20.9. The van der Waals surface area contributed by atoms with E-state index in [2.05, 4.69) is 5.10 Å². The van der Waals surface area contributed by atoms with Crippen LogP contribution in [0.1, 0.15) is 33.5 Å². The van der Waals surface area contributed by atoms with Gasteiger partial charge >= 0.3 is 12.1 Å². The minimum absolute atomic E-state index is 0.0479. The van der Waals surface area contributed by atoms with E-state index in [0.717, 1.165) is 21.6 Å². The fraction of sp³-hybridized carbons (Fsp3) is 0.194. The molecular formula is C31H25FN4O6. The molecule has 1 N–H and O–H groups in total. The number of aromatic nitrogens is 2. The molecule has 2 heterocycles. The summed E-state index contributed by atoms with van der Waals surface area (Å²) in [6.45, 7) is -0.675. The lowest BCUT2D eigenvalue weighted by Crippen LogP contribution is -2.44. The Bertz CT molecular complexity index is 1750. The van der Waals surface area contributed by atoms with Crippen LogP contribution in [0.25, 0.3) is 11.1 Å². The van der Waals surface area contributed by atoms with Gasteiger partial charge in [0.15, 0.2) is 0 Å². The number of anilines is 1. The van der Waals surface area contributed by atoms with E-state index in [1.54, 1.807) is 23.0 Å². The van der Waals surface area contributed by atoms with Crippen molar-refractivity contribution in [3.05, 3.63) is 107 Å². The van der Waals surface area contributed by atoms with Crippen molar-refractivity contribution in [3.8, 4) is 11.1 Å². The predicted molar refractivity (Wildman–Crippen MR) is 148 cm³/mol. The molecule has 1 atom stereocenters. The molecule has 1 aromatic heterocycles. The van der Waals surface area contributed by atoms with Crippen molar-refractivity contribution >= 4 is 29.6 Å². The summed E-state index contributed by atoms with van der Waals surface area (Å²) in [6, 6.07) is 16.8. The van der Waals surface area contributed by atoms with Crippen molar-refractivity contribution in [3.63, 3.8) is 0 Å². The number of rotatable bonds is 7. The molecule has 1 fully saturated rings. The number of amides is 3. The van der Waals surface area contributed by atoms with Crippen molar-refractivity contribution in [2.24, 2.45) is 7.05 Å². The smallest absolute Gasteiger partial charge is 0.418 e. The number of nitrogens with zero attached hydrogens (tertiary/aromatic N) is 4. The first-order valence-electron chi connectivity index (χ1n) is 13.2. The predicted octanol–water partition coefficient (Wildman–Crippen LogP) is 4.28. The van der Waals surface area contributed by atoms with Crippen LogP contribution < -0.4 is 4.90 Å². The van der Waals surface area contributed by atoms with Gasteiger partial charge in [-0.25, -0.2) is 18.9 Å². The number of ether oxygens (including phenoxy) is 1. The Hall–Kier alpha value is -5.32. The van der Waals surface area contributed by atoms with Gasteiger partial charge in [-0.3, -0.25) is 14.3 Å². The lowest BCUT2D eigenvalue weighted by molar-refractivity contribution is -0.139. The first-order chi connectivity index (χ1) is 20.1. The third-order valence-corrected chi connectivity index (χ3v) is 7.65. The molecule has 42 heavy (non-hydrogen) atoms. The van der Waals surface area contributed by atoms with E-state index >= 15 is 0 Å². The van der Waals surface area contributed by atoms with Crippen molar-refractivity contribution in [2.75, 3.05) is 11.4 Å². The zero-order chi connectivity index (χ0) is 29.6. The van der Waals surface area contributed by atoms with Gasteiger partial charge in [0.2, 0.25) is 11.5 Å². The van der Waals surface area contributed by atoms with Gasteiger partial charge in [-0.05, 0) is 53.4 Å². The summed E-state index contributed by atoms with van der Waals surface area (Å²) in [5, 5.41) is 13.7. The number of halogens is 1. The Morgan fingerprint density at radius 1 is 1.07 bits per heavy atom. The maximum Gasteiger partial charge on any atom is 0.418 e. The van der Waals surface area contributed by atoms with Crippen molar-refractivity contribution < 1.29 is 33.4 Å². The third kappa shape index (κ3) is 4.68. The summed E-state index contributed by atoms with van der Waals surface area (Å²) >= 11 is 0. The fourth-order valence-electron chi connectivity index (χ4n) is 5.53. The molecule has 212 valence electrons. The van der Waals surface area contributed by atoms with Crippen molar-refractivity contribution in [2.45, 2.75) is 25.0 Å². The van der Waals surface area contributed by atoms with E-state index in [9.17, 15) is 28.7 Å². The van der Waals surface area contributed by atoms with Gasteiger partial charge in [0.1, 0.15) is 12.4 Å². The minimum atomic E-state index is -1.52. The van der Waals surface area contributed by atoms with Crippen LogP contribution in [-0.2, 0) is 39.9 Å². The first kappa shape index (κ1) is 26.9. The number of carbonyl (C=O) groups is 4. The third-order valence-electron chi connectivity index (χ3n) is 7.65. The van der Waals surface area contributed by atoms with E-state index in [4.69, 9.17) is 4.74 Å². The van der Waals surface area contributed by atoms with Gasteiger partial charge in [0.05, 0.1) is 18.3 Å². The highest BCUT2D eigenvalue weighted by Gasteiger charge is 2.58. The first-order valence-corrected chi connectivity index (χ1v) is 13.2. The Morgan fingerprint density at radius 3 is 2.57 bits per heavy atom. The molecule has 11 heteroatoms. The second-order valence-electron chi connectivity index (χ2n) is 10.3. The zero-order valence-corrected chi connectivity index (χ0v) is 22.5. The van der Waals surface area contributed by atoms with E-state index < -0.39 is 41.8 Å². The Kier molecular flexibility index (Phi) is 6.56. The Morgan fingerprint density at radius 2 is 1.86 bits per heavy atom. The molecule has 1 aliphatic heterocycles. The molecule has 2 aliphatic rings. The molecule has 0 bridgehead atoms. The summed E-state index contributed by atoms with van der Waals surface area (Å²) in [5.74, 6) is -2.91. The number of aryl methyl sites for hydroxylation is 2. The monoisotopic (exact) mass is 568 g/mol. The normalized spacial score (nSPS) is 17.4. The molecule has 3 amide bonds. The summed E-state index contributed by atoms with van der Waals surface area (Å²) in [7, 11) is 1.82. The Labute approximate surface area is 239 Å². The van der Waals surface area contributed by atoms with Crippen LogP contribution >= 0.6 is 0 Å². The van der Waals surface area contributed by atoms with Crippen LogP contribution in [0.15, 0.2) is 79.1 Å². The fourth-order valence-corrected chi connectivity index (χ4v) is 5.53. The molecule has 1 saturated heterocycles. The second kappa shape index (κ2) is 10.3. The van der Waals surface area contributed by atoms with Crippen LogP contribution in [0.2, 0.25) is 0 Å². The standard InChI is InChI=1S/C31H25FN4O6/c1-34-17-23(15-33-34)20-7-10-26-21(13-20)11-12-31(26)29(40)36(30(41)42-31)18-27(37)35(16-19-5-8-24(32)9-6-19)25-4-2-3-22(14-25)28(38)39/h2-10,13-15,17H,11-12,16,18H2,1H3,(H,38,39)/t31-/m1/s1. The number of aromatic carboxylic acids is 1. The average molecular weight is 569 g/mol. The molecule has 1 spiro atoms. The number of imide groups is 1. The maximum atomic E-state index is 13.8. The Balaban J connectivity index is 1.28. The van der Waals surface area contributed by atoms with E-state index in [1.807, 2.05) is 25.4 Å². The number of benzene rings is 3. The van der Waals surface area contributed by atoms with Crippen LogP contribution in [0.5, 0.6) is 0 Å². The molecule has 0 unspecified atom stereocenters. The van der Waals surface area contributed by atoms with E-state index in [0.29, 0.717) is 17.5 Å². The van der Waals surface area contributed by atoms with Crippen LogP contribution in [0.4, 0.5) is 14.9 Å². The number of fused-ring (bicyclic) bond motifs is 2. The summed E-state index contributed by atoms with van der Waals surface area (Å²) in [5.41, 5.74) is 2.52. The van der Waals surface area contributed by atoms with Crippen LogP contribution in [-0.4, -0.2) is 50.2 Å². The lowest BCUT2D eigenvalue weighted by Gasteiger charge is -2.25. The molecule has 3 aromatic carbocycles.